The molecule has 0 atom stereocenters. The fourth-order valence-corrected chi connectivity index (χ4v) is 2.66. The van der Waals surface area contributed by atoms with E-state index >= 15 is 0 Å². The molecule has 0 radical (unpaired) electrons. The van der Waals surface area contributed by atoms with Crippen LogP contribution in [-0.4, -0.2) is 11.2 Å². The van der Waals surface area contributed by atoms with E-state index < -0.39 is 0 Å². The number of aromatic nitrogens is 1. The molecule has 0 aliphatic heterocycles. The molecule has 2 aromatic carbocycles. The molecule has 0 saturated heterocycles. The number of nitrogens with one attached hydrogen (secondary N) is 1. The SMILES string of the molecule is Clc1ccccc1/C=N\Nc1nc2ccccc2s1. The summed E-state index contributed by atoms with van der Waals surface area (Å²) < 4.78 is 1.14. The Morgan fingerprint density at radius 1 is 1.11 bits per heavy atom. The zero-order chi connectivity index (χ0) is 13.1. The molecule has 0 bridgehead atoms. The molecule has 3 nitrogen and oxygen atoms in total. The normalized spacial score (nSPS) is 11.2. The number of fused-ring (bicyclic) bond motifs is 1. The monoisotopic (exact) mass is 287 g/mol. The quantitative estimate of drug-likeness (QED) is 0.573. The van der Waals surface area contributed by atoms with Crippen LogP contribution in [0.1, 0.15) is 5.56 Å². The van der Waals surface area contributed by atoms with Crippen LogP contribution in [0, 0.1) is 0 Å². The third-order valence-corrected chi connectivity index (χ3v) is 3.85. The van der Waals surface area contributed by atoms with Crippen LogP contribution in [-0.2, 0) is 0 Å². The first-order valence-electron chi connectivity index (χ1n) is 5.72. The zero-order valence-electron chi connectivity index (χ0n) is 9.88. The van der Waals surface area contributed by atoms with Gasteiger partial charge in [-0.05, 0) is 18.2 Å². The predicted octanol–water partition coefficient (Wildman–Crippen LogP) is 4.40. The van der Waals surface area contributed by atoms with Gasteiger partial charge in [0, 0.05) is 10.6 Å². The Morgan fingerprint density at radius 3 is 2.74 bits per heavy atom. The summed E-state index contributed by atoms with van der Waals surface area (Å²) in [6, 6.07) is 15.5. The van der Waals surface area contributed by atoms with Gasteiger partial charge in [-0.2, -0.15) is 5.10 Å². The van der Waals surface area contributed by atoms with Crippen molar-refractivity contribution in [3.8, 4) is 0 Å². The van der Waals surface area contributed by atoms with Crippen LogP contribution in [0.15, 0.2) is 53.6 Å². The number of hydrogen-bond donors (Lipinski definition) is 1. The van der Waals surface area contributed by atoms with E-state index in [4.69, 9.17) is 11.6 Å². The smallest absolute Gasteiger partial charge is 0.204 e. The third-order valence-electron chi connectivity index (χ3n) is 2.56. The molecular formula is C14H10ClN3S. The first-order valence-corrected chi connectivity index (χ1v) is 6.91. The Bertz CT molecular complexity index is 703. The molecule has 1 aromatic heterocycles. The molecule has 0 saturated carbocycles. The highest BCUT2D eigenvalue weighted by Gasteiger charge is 2.01. The highest BCUT2D eigenvalue weighted by molar-refractivity contribution is 7.22. The van der Waals surface area contributed by atoms with Crippen molar-refractivity contribution in [3.05, 3.63) is 59.1 Å². The Labute approximate surface area is 119 Å². The molecule has 0 aliphatic carbocycles. The number of rotatable bonds is 3. The van der Waals surface area contributed by atoms with Gasteiger partial charge in [0.05, 0.1) is 16.4 Å². The molecule has 1 heterocycles. The average Bonchev–Trinajstić information content (AvgIpc) is 2.83. The molecular weight excluding hydrogens is 278 g/mol. The van der Waals surface area contributed by atoms with Gasteiger partial charge in [-0.3, -0.25) is 5.43 Å². The van der Waals surface area contributed by atoms with Crippen molar-refractivity contribution in [1.82, 2.24) is 4.98 Å². The maximum absolute atomic E-state index is 6.04. The topological polar surface area (TPSA) is 37.3 Å². The molecule has 19 heavy (non-hydrogen) atoms. The van der Waals surface area contributed by atoms with Crippen molar-refractivity contribution in [1.29, 1.82) is 0 Å². The Hall–Kier alpha value is -1.91. The Kier molecular flexibility index (Phi) is 3.44. The van der Waals surface area contributed by atoms with Gasteiger partial charge in [0.1, 0.15) is 0 Å². The van der Waals surface area contributed by atoms with Crippen molar-refractivity contribution < 1.29 is 0 Å². The minimum atomic E-state index is 0.678. The van der Waals surface area contributed by atoms with E-state index in [1.807, 2.05) is 48.5 Å². The van der Waals surface area contributed by atoms with E-state index in [1.165, 1.54) is 0 Å². The van der Waals surface area contributed by atoms with Crippen LogP contribution >= 0.6 is 22.9 Å². The maximum atomic E-state index is 6.04. The molecule has 94 valence electrons. The first-order chi connectivity index (χ1) is 9.33. The molecule has 3 rings (SSSR count). The highest BCUT2D eigenvalue weighted by Crippen LogP contribution is 2.25. The second-order valence-electron chi connectivity index (χ2n) is 3.88. The number of nitrogens with zero attached hydrogens (tertiary/aromatic N) is 2. The van der Waals surface area contributed by atoms with Gasteiger partial charge >= 0.3 is 0 Å². The van der Waals surface area contributed by atoms with Crippen molar-refractivity contribution >= 4 is 44.5 Å². The van der Waals surface area contributed by atoms with Crippen molar-refractivity contribution in [3.63, 3.8) is 0 Å². The van der Waals surface area contributed by atoms with Crippen LogP contribution < -0.4 is 5.43 Å². The fourth-order valence-electron chi connectivity index (χ4n) is 1.66. The minimum absolute atomic E-state index is 0.678. The summed E-state index contributed by atoms with van der Waals surface area (Å²) in [6.45, 7) is 0. The summed E-state index contributed by atoms with van der Waals surface area (Å²) >= 11 is 7.61. The maximum Gasteiger partial charge on any atom is 0.204 e. The van der Waals surface area contributed by atoms with Gasteiger partial charge in [-0.25, -0.2) is 4.98 Å². The van der Waals surface area contributed by atoms with Gasteiger partial charge in [0.15, 0.2) is 0 Å². The van der Waals surface area contributed by atoms with E-state index in [-0.39, 0.29) is 0 Å². The number of anilines is 1. The second-order valence-corrected chi connectivity index (χ2v) is 5.32. The fraction of sp³-hybridized carbons (Fsp3) is 0. The van der Waals surface area contributed by atoms with E-state index in [2.05, 4.69) is 15.5 Å². The summed E-state index contributed by atoms with van der Waals surface area (Å²) in [5.41, 5.74) is 4.78. The largest absolute Gasteiger partial charge is 0.253 e. The number of hydrazone groups is 1. The number of para-hydroxylation sites is 1. The van der Waals surface area contributed by atoms with E-state index in [0.717, 1.165) is 20.9 Å². The summed E-state index contributed by atoms with van der Waals surface area (Å²) in [7, 11) is 0. The van der Waals surface area contributed by atoms with Gasteiger partial charge in [0.2, 0.25) is 5.13 Å². The summed E-state index contributed by atoms with van der Waals surface area (Å²) in [5, 5.41) is 5.60. The van der Waals surface area contributed by atoms with Gasteiger partial charge in [-0.1, -0.05) is 53.3 Å². The lowest BCUT2D eigenvalue weighted by Gasteiger charge is -1.96. The summed E-state index contributed by atoms with van der Waals surface area (Å²) in [6.07, 6.45) is 1.69. The van der Waals surface area contributed by atoms with Gasteiger partial charge in [-0.15, -0.1) is 0 Å². The zero-order valence-corrected chi connectivity index (χ0v) is 11.4. The third kappa shape index (κ3) is 2.75. The first kappa shape index (κ1) is 12.1. The van der Waals surface area contributed by atoms with Crippen molar-refractivity contribution in [2.45, 2.75) is 0 Å². The van der Waals surface area contributed by atoms with E-state index in [0.29, 0.717) is 5.02 Å². The lowest BCUT2D eigenvalue weighted by atomic mass is 10.2. The Morgan fingerprint density at radius 2 is 1.89 bits per heavy atom. The molecule has 0 spiro atoms. The minimum Gasteiger partial charge on any atom is -0.253 e. The predicted molar refractivity (Wildman–Crippen MR) is 82.3 cm³/mol. The van der Waals surface area contributed by atoms with Crippen molar-refractivity contribution in [2.75, 3.05) is 5.43 Å². The highest BCUT2D eigenvalue weighted by atomic mass is 35.5. The lowest BCUT2D eigenvalue weighted by Crippen LogP contribution is -1.90. The van der Waals surface area contributed by atoms with E-state index in [9.17, 15) is 0 Å². The number of thiazole rings is 1. The molecule has 1 N–H and O–H groups in total. The molecule has 3 aromatic rings. The standard InChI is InChI=1S/C14H10ClN3S/c15-11-6-2-1-5-10(11)9-16-18-14-17-12-7-3-4-8-13(12)19-14/h1-9H,(H,17,18)/b16-9-. The van der Waals surface area contributed by atoms with Crippen LogP contribution in [0.25, 0.3) is 10.2 Å². The van der Waals surface area contributed by atoms with Crippen LogP contribution in [0.4, 0.5) is 5.13 Å². The summed E-state index contributed by atoms with van der Waals surface area (Å²) in [5.74, 6) is 0. The average molecular weight is 288 g/mol. The molecule has 0 amide bonds. The molecule has 5 heteroatoms. The van der Waals surface area contributed by atoms with Crippen LogP contribution in [0.3, 0.4) is 0 Å². The van der Waals surface area contributed by atoms with Crippen molar-refractivity contribution in [2.24, 2.45) is 5.10 Å². The van der Waals surface area contributed by atoms with Gasteiger partial charge < -0.3 is 0 Å². The number of benzene rings is 2. The number of halogens is 1. The summed E-state index contributed by atoms with van der Waals surface area (Å²) in [4.78, 5) is 4.43. The van der Waals surface area contributed by atoms with Gasteiger partial charge in [0.25, 0.3) is 0 Å². The van der Waals surface area contributed by atoms with E-state index in [1.54, 1.807) is 17.6 Å². The molecule has 0 fully saturated rings. The van der Waals surface area contributed by atoms with Crippen LogP contribution in [0.2, 0.25) is 5.02 Å². The van der Waals surface area contributed by atoms with Crippen LogP contribution in [0.5, 0.6) is 0 Å². The number of hydrogen-bond acceptors (Lipinski definition) is 4. The second kappa shape index (κ2) is 5.38. The molecule has 0 aliphatic rings. The molecule has 0 unspecified atom stereocenters. The Balaban J connectivity index is 1.77. The lowest BCUT2D eigenvalue weighted by molar-refractivity contribution is 1.31.